The van der Waals surface area contributed by atoms with Crippen molar-refractivity contribution < 1.29 is 28.3 Å². The molecule has 0 unspecified atom stereocenters. The number of hydrogen-bond donors (Lipinski definition) is 4. The Balaban J connectivity index is 1.33. The summed E-state index contributed by atoms with van der Waals surface area (Å²) in [6, 6.07) is 18.6. The van der Waals surface area contributed by atoms with Crippen LogP contribution in [0.5, 0.6) is 0 Å². The van der Waals surface area contributed by atoms with E-state index in [4.69, 9.17) is 4.74 Å². The fourth-order valence-corrected chi connectivity index (χ4v) is 5.41. The zero-order valence-corrected chi connectivity index (χ0v) is 25.6. The van der Waals surface area contributed by atoms with Crippen molar-refractivity contribution in [2.24, 2.45) is 0 Å². The lowest BCUT2D eigenvalue weighted by molar-refractivity contribution is -0.138. The number of ether oxygens (including phenoxy) is 1. The zero-order chi connectivity index (χ0) is 32.3. The third kappa shape index (κ3) is 7.31. The largest absolute Gasteiger partial charge is 0.444 e. The molecule has 0 bridgehead atoms. The first-order valence-corrected chi connectivity index (χ1v) is 14.7. The number of benzene rings is 3. The topological polar surface area (TPSA) is 133 Å². The van der Waals surface area contributed by atoms with E-state index in [1.165, 1.54) is 11.8 Å². The average Bonchev–Trinajstić information content (AvgIpc) is 3.61. The molecule has 1 fully saturated rings. The van der Waals surface area contributed by atoms with Gasteiger partial charge in [-0.2, -0.15) is 0 Å². The lowest BCUT2D eigenvalue weighted by atomic mass is 10.0. The van der Waals surface area contributed by atoms with Gasteiger partial charge in [0.05, 0.1) is 5.69 Å². The van der Waals surface area contributed by atoms with Crippen LogP contribution >= 0.6 is 0 Å². The van der Waals surface area contributed by atoms with Crippen LogP contribution < -0.4 is 16.0 Å². The van der Waals surface area contributed by atoms with Gasteiger partial charge in [-0.15, -0.1) is 0 Å². The number of aromatic nitrogens is 1. The standard InChI is InChI=1S/C34H36FN5O5/c1-20(41)36-23-14-12-22(13-15-23)29-28(35)25-19-24(16-17-26(25)38-29)37-31(42)27-11-8-18-40(27)32(43)30(21-9-6-5-7-10-21)39-33(44)45-34(2,3)4/h5-7,9-10,12-17,19,27,30,38H,8,11,18H2,1-4H3,(H,36,41)(H,37,42)(H,39,44)/t27-,30+/m0/s1. The number of nitrogens with zero attached hydrogens (tertiary/aromatic N) is 1. The molecule has 45 heavy (non-hydrogen) atoms. The molecule has 3 aromatic carbocycles. The molecule has 1 aliphatic heterocycles. The number of H-pyrrole nitrogens is 1. The van der Waals surface area contributed by atoms with Crippen molar-refractivity contribution in [3.63, 3.8) is 0 Å². The predicted molar refractivity (Wildman–Crippen MR) is 170 cm³/mol. The summed E-state index contributed by atoms with van der Waals surface area (Å²) < 4.78 is 21.0. The molecule has 0 radical (unpaired) electrons. The molecule has 2 atom stereocenters. The van der Waals surface area contributed by atoms with Gasteiger partial charge in [0.15, 0.2) is 5.82 Å². The van der Waals surface area contributed by atoms with Crippen molar-refractivity contribution in [2.45, 2.75) is 58.2 Å². The Kier molecular flexibility index (Phi) is 8.89. The summed E-state index contributed by atoms with van der Waals surface area (Å²) in [6.45, 7) is 6.95. The Morgan fingerprint density at radius 3 is 2.31 bits per heavy atom. The first-order chi connectivity index (χ1) is 21.4. The van der Waals surface area contributed by atoms with Gasteiger partial charge in [0, 0.05) is 41.3 Å². The van der Waals surface area contributed by atoms with Crippen LogP contribution in [0.25, 0.3) is 22.2 Å². The quantitative estimate of drug-likeness (QED) is 0.199. The van der Waals surface area contributed by atoms with E-state index in [1.54, 1.807) is 87.5 Å². The first-order valence-electron chi connectivity index (χ1n) is 14.7. The fourth-order valence-electron chi connectivity index (χ4n) is 5.41. The van der Waals surface area contributed by atoms with Crippen molar-refractivity contribution in [2.75, 3.05) is 17.2 Å². The number of aromatic amines is 1. The maximum atomic E-state index is 15.6. The Morgan fingerprint density at radius 1 is 0.956 bits per heavy atom. The van der Waals surface area contributed by atoms with E-state index < -0.39 is 41.4 Å². The lowest BCUT2D eigenvalue weighted by Gasteiger charge is -2.29. The van der Waals surface area contributed by atoms with Gasteiger partial charge in [-0.05, 0) is 69.5 Å². The number of fused-ring (bicyclic) bond motifs is 1. The van der Waals surface area contributed by atoms with Crippen molar-refractivity contribution in [1.29, 1.82) is 0 Å². The Morgan fingerprint density at radius 2 is 1.64 bits per heavy atom. The molecule has 234 valence electrons. The highest BCUT2D eigenvalue weighted by atomic mass is 19.1. The fraction of sp³-hybridized carbons (Fsp3) is 0.294. The number of amides is 4. The van der Waals surface area contributed by atoms with E-state index in [2.05, 4.69) is 20.9 Å². The van der Waals surface area contributed by atoms with E-state index in [-0.39, 0.29) is 11.6 Å². The number of carbonyl (C=O) groups is 4. The van der Waals surface area contributed by atoms with Gasteiger partial charge in [0.2, 0.25) is 11.8 Å². The third-order valence-corrected chi connectivity index (χ3v) is 7.38. The molecular formula is C34H36FN5O5. The highest BCUT2D eigenvalue weighted by molar-refractivity contribution is 6.00. The molecule has 10 nitrogen and oxygen atoms in total. The summed E-state index contributed by atoms with van der Waals surface area (Å²) in [5.74, 6) is -1.52. The van der Waals surface area contributed by atoms with Crippen LogP contribution in [0.3, 0.4) is 0 Å². The highest BCUT2D eigenvalue weighted by Gasteiger charge is 2.39. The van der Waals surface area contributed by atoms with Crippen LogP contribution in [0, 0.1) is 5.82 Å². The molecule has 0 spiro atoms. The van der Waals surface area contributed by atoms with Crippen molar-refractivity contribution >= 4 is 46.1 Å². The average molecular weight is 614 g/mol. The monoisotopic (exact) mass is 613 g/mol. The van der Waals surface area contributed by atoms with Gasteiger partial charge in [-0.1, -0.05) is 42.5 Å². The van der Waals surface area contributed by atoms with Crippen molar-refractivity contribution in [3.8, 4) is 11.3 Å². The molecule has 0 aliphatic carbocycles. The second-order valence-corrected chi connectivity index (χ2v) is 12.0. The van der Waals surface area contributed by atoms with Crippen LogP contribution in [0.1, 0.15) is 52.1 Å². The van der Waals surface area contributed by atoms with E-state index in [9.17, 15) is 19.2 Å². The van der Waals surface area contributed by atoms with E-state index in [0.717, 1.165) is 0 Å². The summed E-state index contributed by atoms with van der Waals surface area (Å²) in [5.41, 5.74) is 2.20. The van der Waals surface area contributed by atoms with Gasteiger partial charge in [0.25, 0.3) is 5.91 Å². The lowest BCUT2D eigenvalue weighted by Crippen LogP contribution is -2.49. The number of hydrogen-bond acceptors (Lipinski definition) is 5. The minimum Gasteiger partial charge on any atom is -0.444 e. The summed E-state index contributed by atoms with van der Waals surface area (Å²) in [4.78, 5) is 55.9. The highest BCUT2D eigenvalue weighted by Crippen LogP contribution is 2.32. The van der Waals surface area contributed by atoms with Gasteiger partial charge >= 0.3 is 6.09 Å². The van der Waals surface area contributed by atoms with E-state index >= 15 is 4.39 Å². The summed E-state index contributed by atoms with van der Waals surface area (Å²) in [5, 5.41) is 8.50. The minimum absolute atomic E-state index is 0.201. The number of anilines is 2. The Bertz CT molecular complexity index is 1730. The third-order valence-electron chi connectivity index (χ3n) is 7.38. The summed E-state index contributed by atoms with van der Waals surface area (Å²) in [7, 11) is 0. The molecule has 1 saturated heterocycles. The van der Waals surface area contributed by atoms with Gasteiger partial charge < -0.3 is 30.6 Å². The number of rotatable bonds is 7. The maximum absolute atomic E-state index is 15.6. The normalized spacial score (nSPS) is 15.4. The van der Waals surface area contributed by atoms with Crippen molar-refractivity contribution in [1.82, 2.24) is 15.2 Å². The van der Waals surface area contributed by atoms with Crippen LogP contribution in [0.4, 0.5) is 20.6 Å². The second kappa shape index (κ2) is 12.8. The number of halogens is 1. The first kappa shape index (κ1) is 31.2. The van der Waals surface area contributed by atoms with Crippen LogP contribution in [0.15, 0.2) is 72.8 Å². The molecule has 11 heteroatoms. The van der Waals surface area contributed by atoms with Crippen molar-refractivity contribution in [3.05, 3.63) is 84.2 Å². The SMILES string of the molecule is CC(=O)Nc1ccc(-c2[nH]c3ccc(NC(=O)[C@@H]4CCCN4C(=O)[C@H](NC(=O)OC(C)(C)C)c4ccccc4)cc3c2F)cc1. The second-order valence-electron chi connectivity index (χ2n) is 12.0. The number of alkyl carbamates (subject to hydrolysis) is 1. The number of carbonyl (C=O) groups excluding carboxylic acids is 4. The van der Waals surface area contributed by atoms with Crippen LogP contribution in [-0.4, -0.2) is 51.9 Å². The smallest absolute Gasteiger partial charge is 0.408 e. The molecular weight excluding hydrogens is 577 g/mol. The molecule has 1 aliphatic rings. The molecule has 4 amide bonds. The summed E-state index contributed by atoms with van der Waals surface area (Å²) in [6.07, 6.45) is 0.299. The Hall–Kier alpha value is -5.19. The number of likely N-dealkylation sites (tertiary alicyclic amines) is 1. The molecule has 4 N–H and O–H groups in total. The van der Waals surface area contributed by atoms with Gasteiger partial charge in [-0.25, -0.2) is 9.18 Å². The molecule has 2 heterocycles. The molecule has 1 aromatic heterocycles. The molecule has 0 saturated carbocycles. The summed E-state index contributed by atoms with van der Waals surface area (Å²) >= 11 is 0. The van der Waals surface area contributed by atoms with Crippen LogP contribution in [-0.2, 0) is 19.1 Å². The number of nitrogens with one attached hydrogen (secondary N) is 4. The van der Waals surface area contributed by atoms with Gasteiger partial charge in [0.1, 0.15) is 17.7 Å². The predicted octanol–water partition coefficient (Wildman–Crippen LogP) is 6.13. The Labute approximate surface area is 260 Å². The van der Waals surface area contributed by atoms with Gasteiger partial charge in [-0.3, -0.25) is 14.4 Å². The molecule has 4 aromatic rings. The minimum atomic E-state index is -1.05. The van der Waals surface area contributed by atoms with E-state index in [0.29, 0.717) is 52.8 Å². The zero-order valence-electron chi connectivity index (χ0n) is 25.6. The van der Waals surface area contributed by atoms with Crippen LogP contribution in [0.2, 0.25) is 0 Å². The maximum Gasteiger partial charge on any atom is 0.408 e. The van der Waals surface area contributed by atoms with E-state index in [1.807, 2.05) is 6.07 Å². The molecule has 5 rings (SSSR count).